The largest absolute Gasteiger partial charge is 0.748 e. The van der Waals surface area contributed by atoms with Gasteiger partial charge in [-0.15, -0.1) is 0 Å². The van der Waals surface area contributed by atoms with Gasteiger partial charge in [0.1, 0.15) is 0 Å². The standard InChI is InChI=1S/2C9H7.C2H4.2CH4O3S.Zr/c2*1-2-5-9-7-3-6-8(9)4-1;1-2;2*1-5(2,3)4;/h2*1-7H;1-2H2;2*1H3,(H,2,3,4);/q;;;;;+2/p-2. The Labute approximate surface area is 188 Å². The fourth-order valence-electron chi connectivity index (χ4n) is 4.46. The summed E-state index contributed by atoms with van der Waals surface area (Å²) in [7, 11) is -7.83. The van der Waals surface area contributed by atoms with E-state index in [1.54, 1.807) is 19.4 Å². The second kappa shape index (κ2) is 9.24. The zero-order valence-corrected chi connectivity index (χ0v) is 21.4. The molecule has 1 saturated heterocycles. The van der Waals surface area contributed by atoms with Crippen molar-refractivity contribution in [2.75, 3.05) is 12.5 Å². The van der Waals surface area contributed by atoms with Crippen LogP contribution >= 0.6 is 0 Å². The van der Waals surface area contributed by atoms with Crippen molar-refractivity contribution >= 4 is 32.4 Å². The molecule has 2 atom stereocenters. The van der Waals surface area contributed by atoms with Crippen LogP contribution in [0.15, 0.2) is 60.7 Å². The van der Waals surface area contributed by atoms with Crippen LogP contribution in [0.1, 0.15) is 29.5 Å². The van der Waals surface area contributed by atoms with Gasteiger partial charge in [0.15, 0.2) is 0 Å². The van der Waals surface area contributed by atoms with Gasteiger partial charge in [0.2, 0.25) is 0 Å². The molecule has 0 radical (unpaired) electrons. The minimum Gasteiger partial charge on any atom is -0.748 e. The molecule has 0 saturated carbocycles. The molecule has 164 valence electrons. The molecule has 31 heavy (non-hydrogen) atoms. The van der Waals surface area contributed by atoms with Gasteiger partial charge in [0.25, 0.3) is 0 Å². The van der Waals surface area contributed by atoms with E-state index in [0.29, 0.717) is 12.5 Å². The van der Waals surface area contributed by atoms with Gasteiger partial charge in [-0.2, -0.15) is 0 Å². The average molecular weight is 540 g/mol. The van der Waals surface area contributed by atoms with Crippen LogP contribution in [-0.4, -0.2) is 38.5 Å². The number of hydrogen-bond donors (Lipinski definition) is 0. The first-order valence-corrected chi connectivity index (χ1v) is 19.7. The van der Waals surface area contributed by atoms with Crippen molar-refractivity contribution in [3.05, 3.63) is 82.9 Å². The van der Waals surface area contributed by atoms with Crippen molar-refractivity contribution in [3.8, 4) is 0 Å². The van der Waals surface area contributed by atoms with E-state index in [-0.39, 0.29) is 0 Å². The van der Waals surface area contributed by atoms with Gasteiger partial charge < -0.3 is 9.11 Å². The molecule has 0 amide bonds. The van der Waals surface area contributed by atoms with Gasteiger partial charge in [-0.3, -0.25) is 0 Å². The Morgan fingerprint density at radius 2 is 1.03 bits per heavy atom. The van der Waals surface area contributed by atoms with Crippen LogP contribution in [0.2, 0.25) is 8.26 Å². The molecule has 0 bridgehead atoms. The first-order chi connectivity index (χ1) is 14.4. The minimum atomic E-state index is -3.92. The summed E-state index contributed by atoms with van der Waals surface area (Å²) >= 11 is -2.13. The van der Waals surface area contributed by atoms with Gasteiger partial charge in [-0.25, -0.2) is 16.8 Å². The topological polar surface area (TPSA) is 114 Å². The van der Waals surface area contributed by atoms with Gasteiger partial charge in [-0.1, -0.05) is 0 Å². The molecular weight excluding hydrogens is 516 g/mol. The minimum absolute atomic E-state index is 0.604. The van der Waals surface area contributed by atoms with E-state index in [1.807, 2.05) is 0 Å². The molecule has 5 rings (SSSR count). The molecule has 9 heteroatoms. The van der Waals surface area contributed by atoms with Crippen molar-refractivity contribution < 1.29 is 46.2 Å². The normalized spacial score (nSPS) is 20.8. The average Bonchev–Trinajstić information content (AvgIpc) is 3.13. The van der Waals surface area contributed by atoms with Crippen LogP contribution < -0.4 is 0 Å². The molecule has 0 N–H and O–H groups in total. The number of rotatable bonds is 2. The van der Waals surface area contributed by atoms with Crippen molar-refractivity contribution in [1.82, 2.24) is 0 Å². The second-order valence-corrected chi connectivity index (χ2v) is 22.5. The molecule has 1 heterocycles. The molecule has 6 nitrogen and oxygen atoms in total. The summed E-state index contributed by atoms with van der Waals surface area (Å²) in [4.78, 5) is 0. The molecule has 1 aliphatic heterocycles. The van der Waals surface area contributed by atoms with Crippen molar-refractivity contribution in [2.45, 2.75) is 15.5 Å². The van der Waals surface area contributed by atoms with Gasteiger partial charge >= 0.3 is 131 Å². The van der Waals surface area contributed by atoms with Crippen molar-refractivity contribution in [3.63, 3.8) is 0 Å². The summed E-state index contributed by atoms with van der Waals surface area (Å²) in [6.45, 7) is 0. The van der Waals surface area contributed by atoms with E-state index >= 15 is 0 Å². The number of fused-ring (bicyclic) bond motifs is 2. The Kier molecular flexibility index (Phi) is 7.23. The van der Waals surface area contributed by atoms with Crippen LogP contribution in [0.4, 0.5) is 0 Å². The van der Waals surface area contributed by atoms with Crippen LogP contribution in [0, 0.1) is 0 Å². The maximum atomic E-state index is 9.08. The Morgan fingerprint density at radius 3 is 1.35 bits per heavy atom. The van der Waals surface area contributed by atoms with Crippen LogP contribution in [0.3, 0.4) is 0 Å². The fraction of sp³-hybridized carbons (Fsp3) is 0.273. The third kappa shape index (κ3) is 6.56. The number of hydrogen-bond acceptors (Lipinski definition) is 6. The quantitative estimate of drug-likeness (QED) is 0.536. The van der Waals surface area contributed by atoms with E-state index < -0.39 is 40.5 Å². The third-order valence-electron chi connectivity index (χ3n) is 5.66. The zero-order chi connectivity index (χ0) is 22.9. The molecule has 0 aromatic heterocycles. The monoisotopic (exact) mass is 538 g/mol. The molecule has 1 fully saturated rings. The Morgan fingerprint density at radius 1 is 0.710 bits per heavy atom. The molecule has 2 unspecified atom stereocenters. The predicted octanol–water partition coefficient (Wildman–Crippen LogP) is 3.85. The first-order valence-electron chi connectivity index (χ1n) is 9.74. The van der Waals surface area contributed by atoms with E-state index in [2.05, 4.69) is 72.8 Å². The third-order valence-corrected chi connectivity index (χ3v) is 18.3. The van der Waals surface area contributed by atoms with Gasteiger partial charge in [-0.05, 0) is 0 Å². The maximum Gasteiger partial charge on any atom is 0.0916 e. The molecule has 2 aliphatic carbocycles. The van der Waals surface area contributed by atoms with E-state index in [9.17, 15) is 0 Å². The summed E-state index contributed by atoms with van der Waals surface area (Å²) in [5.41, 5.74) is 6.20. The Balaban J connectivity index is 0.000000232. The van der Waals surface area contributed by atoms with Crippen LogP contribution in [0.5, 0.6) is 0 Å². The van der Waals surface area contributed by atoms with Crippen molar-refractivity contribution in [1.29, 1.82) is 0 Å². The van der Waals surface area contributed by atoms with E-state index in [4.69, 9.17) is 25.9 Å². The van der Waals surface area contributed by atoms with Crippen LogP contribution in [0.25, 0.3) is 12.2 Å². The molecular formula is C22H24O6S2Zr. The predicted molar refractivity (Wildman–Crippen MR) is 117 cm³/mol. The maximum absolute atomic E-state index is 9.08. The van der Waals surface area contributed by atoms with E-state index in [1.165, 1.54) is 11.1 Å². The molecule has 0 spiro atoms. The number of allylic oxidation sites excluding steroid dienone is 2. The summed E-state index contributed by atoms with van der Waals surface area (Å²) in [6.07, 6.45) is 11.0. The summed E-state index contributed by atoms with van der Waals surface area (Å²) in [5, 5.41) is 0. The number of benzene rings is 2. The first kappa shape index (κ1) is 24.3. The van der Waals surface area contributed by atoms with E-state index in [0.717, 1.165) is 7.25 Å². The Bertz CT molecular complexity index is 1120. The van der Waals surface area contributed by atoms with Crippen LogP contribution in [-0.2, 0) is 40.5 Å². The summed E-state index contributed by atoms with van der Waals surface area (Å²) < 4.78 is 59.2. The fourth-order valence-corrected chi connectivity index (χ4v) is 20.1. The molecule has 3 aliphatic rings. The van der Waals surface area contributed by atoms with Gasteiger partial charge in [0.05, 0.1) is 20.2 Å². The Hall–Kier alpha value is -1.38. The second-order valence-electron chi connectivity index (χ2n) is 8.07. The summed E-state index contributed by atoms with van der Waals surface area (Å²) in [5.74, 6) is 0. The molecule has 2 aromatic carbocycles. The summed E-state index contributed by atoms with van der Waals surface area (Å²) in [6, 6.07) is 18.1. The zero-order valence-electron chi connectivity index (χ0n) is 17.3. The van der Waals surface area contributed by atoms with Gasteiger partial charge in [0, 0.05) is 12.5 Å². The smallest absolute Gasteiger partial charge is 0.0916 e. The molecule has 2 aromatic rings. The SMILES string of the molecule is C1=C[CH]([Zr+2]2([CH]3C=Cc4ccccc43)[CH2][CH2]2)c2ccccc21.CS(=O)(=O)[O-].CS(=O)(=O)[O-]. The van der Waals surface area contributed by atoms with Crippen molar-refractivity contribution in [2.24, 2.45) is 0 Å².